The first-order valence-corrected chi connectivity index (χ1v) is 12.1. The van der Waals surface area contributed by atoms with Crippen LogP contribution in [0.15, 0.2) is 91.0 Å². The fraction of sp³-hybridized carbons (Fsp3) is 0.379. The van der Waals surface area contributed by atoms with Gasteiger partial charge in [0.15, 0.2) is 6.29 Å². The fourth-order valence-corrected chi connectivity index (χ4v) is 4.29. The van der Waals surface area contributed by atoms with Crippen LogP contribution in [0.3, 0.4) is 0 Å². The molecule has 0 amide bonds. The van der Waals surface area contributed by atoms with Crippen LogP contribution in [0.25, 0.3) is 0 Å². The molecule has 1 aliphatic heterocycles. The zero-order valence-electron chi connectivity index (χ0n) is 20.4. The van der Waals surface area contributed by atoms with Gasteiger partial charge in [-0.25, -0.2) is 0 Å². The highest BCUT2D eigenvalue weighted by molar-refractivity contribution is 5.15. The standard InChI is InChI=1S/C29H34O7/c1-32-29-28(35-20-23-15-9-4-10-16-23)27(34-19-22-13-7-3-8-14-22)26(25(36-29)24(31)17-30)33-18-21-11-5-2-6-12-21/h2-16,24-31H,17-20H2,1H3/t24?,25?,26-,27?,28?,29+/m1/s1. The molecule has 0 aliphatic carbocycles. The Balaban J connectivity index is 1.61. The Morgan fingerprint density at radius 3 is 1.50 bits per heavy atom. The van der Waals surface area contributed by atoms with Crippen LogP contribution in [0, 0.1) is 0 Å². The van der Waals surface area contributed by atoms with Gasteiger partial charge in [-0.2, -0.15) is 0 Å². The topological polar surface area (TPSA) is 86.6 Å². The van der Waals surface area contributed by atoms with E-state index in [1.54, 1.807) is 0 Å². The maximum atomic E-state index is 10.7. The fourth-order valence-electron chi connectivity index (χ4n) is 4.29. The summed E-state index contributed by atoms with van der Waals surface area (Å²) in [6.07, 6.45) is -4.95. The van der Waals surface area contributed by atoms with Crippen LogP contribution in [0.5, 0.6) is 0 Å². The van der Waals surface area contributed by atoms with E-state index in [2.05, 4.69) is 0 Å². The second-order valence-corrected chi connectivity index (χ2v) is 8.74. The first kappa shape index (κ1) is 26.4. The minimum Gasteiger partial charge on any atom is -0.394 e. The number of hydrogen-bond acceptors (Lipinski definition) is 7. The molecule has 6 atom stereocenters. The SMILES string of the molecule is CO[C@H]1OC(C(O)CO)[C@@H](OCc2ccccc2)C(OCc2ccccc2)C1OCc1ccccc1. The van der Waals surface area contributed by atoms with Crippen molar-refractivity contribution >= 4 is 0 Å². The molecule has 4 rings (SSSR count). The van der Waals surface area contributed by atoms with Crippen LogP contribution < -0.4 is 0 Å². The van der Waals surface area contributed by atoms with E-state index in [4.69, 9.17) is 23.7 Å². The number of rotatable bonds is 12. The van der Waals surface area contributed by atoms with Crippen LogP contribution in [-0.2, 0) is 43.5 Å². The third-order valence-corrected chi connectivity index (χ3v) is 6.19. The van der Waals surface area contributed by atoms with Gasteiger partial charge < -0.3 is 33.9 Å². The number of ether oxygens (including phenoxy) is 5. The average Bonchev–Trinajstić information content (AvgIpc) is 2.94. The number of aliphatic hydroxyl groups is 2. The van der Waals surface area contributed by atoms with Gasteiger partial charge in [0, 0.05) is 7.11 Å². The molecule has 3 aromatic rings. The molecule has 0 bridgehead atoms. The first-order valence-electron chi connectivity index (χ1n) is 12.1. The summed E-state index contributed by atoms with van der Waals surface area (Å²) in [4.78, 5) is 0. The van der Waals surface area contributed by atoms with E-state index in [1.165, 1.54) is 7.11 Å². The van der Waals surface area contributed by atoms with E-state index in [0.717, 1.165) is 16.7 Å². The van der Waals surface area contributed by atoms with Gasteiger partial charge in [-0.05, 0) is 16.7 Å². The van der Waals surface area contributed by atoms with Gasteiger partial charge in [-0.15, -0.1) is 0 Å². The number of hydrogen-bond donors (Lipinski definition) is 2. The zero-order chi connectivity index (χ0) is 25.2. The van der Waals surface area contributed by atoms with Gasteiger partial charge in [0.05, 0.1) is 26.4 Å². The Morgan fingerprint density at radius 2 is 1.08 bits per heavy atom. The van der Waals surface area contributed by atoms with Crippen LogP contribution in [0.1, 0.15) is 16.7 Å². The molecule has 1 saturated heterocycles. The molecule has 36 heavy (non-hydrogen) atoms. The van der Waals surface area contributed by atoms with Crippen molar-refractivity contribution in [2.24, 2.45) is 0 Å². The van der Waals surface area contributed by atoms with Gasteiger partial charge in [-0.1, -0.05) is 91.0 Å². The van der Waals surface area contributed by atoms with Crippen molar-refractivity contribution in [1.29, 1.82) is 0 Å². The lowest BCUT2D eigenvalue weighted by Crippen LogP contribution is -2.63. The highest BCUT2D eigenvalue weighted by Gasteiger charge is 2.50. The molecule has 0 spiro atoms. The van der Waals surface area contributed by atoms with Crippen LogP contribution in [0.2, 0.25) is 0 Å². The molecule has 7 nitrogen and oxygen atoms in total. The molecule has 2 N–H and O–H groups in total. The largest absolute Gasteiger partial charge is 0.394 e. The summed E-state index contributed by atoms with van der Waals surface area (Å²) in [7, 11) is 1.52. The Hall–Kier alpha value is -2.62. The van der Waals surface area contributed by atoms with Crippen molar-refractivity contribution in [3.63, 3.8) is 0 Å². The maximum absolute atomic E-state index is 10.7. The van der Waals surface area contributed by atoms with Crippen LogP contribution >= 0.6 is 0 Å². The normalized spacial score (nSPS) is 24.9. The molecule has 3 aromatic carbocycles. The van der Waals surface area contributed by atoms with E-state index in [-0.39, 0.29) is 6.61 Å². The Bertz CT molecular complexity index is 1000. The molecule has 0 radical (unpaired) electrons. The third-order valence-electron chi connectivity index (χ3n) is 6.19. The second kappa shape index (κ2) is 13.6. The Kier molecular flexibility index (Phi) is 10.0. The van der Waals surface area contributed by atoms with Gasteiger partial charge in [0.25, 0.3) is 0 Å². The smallest absolute Gasteiger partial charge is 0.186 e. The number of benzene rings is 3. The monoisotopic (exact) mass is 494 g/mol. The molecule has 7 heteroatoms. The minimum absolute atomic E-state index is 0.276. The summed E-state index contributed by atoms with van der Waals surface area (Å²) in [5.74, 6) is 0. The first-order chi connectivity index (χ1) is 17.7. The molecular formula is C29H34O7. The highest BCUT2D eigenvalue weighted by Crippen LogP contribution is 2.32. The number of aliphatic hydroxyl groups excluding tert-OH is 2. The maximum Gasteiger partial charge on any atom is 0.186 e. The summed E-state index contributed by atoms with van der Waals surface area (Å²) in [6.45, 7) is 0.407. The van der Waals surface area contributed by atoms with E-state index < -0.39 is 43.4 Å². The van der Waals surface area contributed by atoms with E-state index >= 15 is 0 Å². The predicted molar refractivity (Wildman–Crippen MR) is 134 cm³/mol. The molecule has 1 fully saturated rings. The van der Waals surface area contributed by atoms with Crippen molar-refractivity contribution in [3.05, 3.63) is 108 Å². The van der Waals surface area contributed by atoms with E-state index in [1.807, 2.05) is 91.0 Å². The summed E-state index contributed by atoms with van der Waals surface area (Å²) < 4.78 is 30.8. The van der Waals surface area contributed by atoms with Gasteiger partial charge in [-0.3, -0.25) is 0 Å². The Morgan fingerprint density at radius 1 is 0.667 bits per heavy atom. The molecule has 1 heterocycles. The lowest BCUT2D eigenvalue weighted by molar-refractivity contribution is -0.330. The van der Waals surface area contributed by atoms with Crippen molar-refractivity contribution in [1.82, 2.24) is 0 Å². The van der Waals surface area contributed by atoms with Gasteiger partial charge in [0.1, 0.15) is 30.5 Å². The summed E-state index contributed by atoms with van der Waals surface area (Å²) in [6, 6.07) is 29.4. The molecule has 1 aliphatic rings. The van der Waals surface area contributed by atoms with E-state index in [9.17, 15) is 10.2 Å². The zero-order valence-corrected chi connectivity index (χ0v) is 20.4. The van der Waals surface area contributed by atoms with Gasteiger partial charge in [0.2, 0.25) is 0 Å². The van der Waals surface area contributed by atoms with Crippen LogP contribution in [0.4, 0.5) is 0 Å². The summed E-state index contributed by atoms with van der Waals surface area (Å²) in [5, 5.41) is 20.4. The molecule has 4 unspecified atom stereocenters. The minimum atomic E-state index is -1.19. The van der Waals surface area contributed by atoms with E-state index in [0.29, 0.717) is 13.2 Å². The molecule has 192 valence electrons. The molecular weight excluding hydrogens is 460 g/mol. The second-order valence-electron chi connectivity index (χ2n) is 8.74. The van der Waals surface area contributed by atoms with Crippen molar-refractivity contribution in [2.45, 2.75) is 56.6 Å². The lowest BCUT2D eigenvalue weighted by Gasteiger charge is -2.46. The van der Waals surface area contributed by atoms with Crippen molar-refractivity contribution < 1.29 is 33.9 Å². The average molecular weight is 495 g/mol. The van der Waals surface area contributed by atoms with Crippen molar-refractivity contribution in [3.8, 4) is 0 Å². The van der Waals surface area contributed by atoms with Gasteiger partial charge >= 0.3 is 0 Å². The lowest BCUT2D eigenvalue weighted by atomic mass is 9.94. The quantitative estimate of drug-likeness (QED) is 0.399. The number of methoxy groups -OCH3 is 1. The Labute approximate surface area is 212 Å². The third kappa shape index (κ3) is 6.99. The highest BCUT2D eigenvalue weighted by atomic mass is 16.7. The van der Waals surface area contributed by atoms with Crippen LogP contribution in [-0.4, -0.2) is 60.7 Å². The summed E-state index contributed by atoms with van der Waals surface area (Å²) in [5.41, 5.74) is 2.95. The van der Waals surface area contributed by atoms with Crippen molar-refractivity contribution in [2.75, 3.05) is 13.7 Å². The molecule has 0 aromatic heterocycles. The molecule has 0 saturated carbocycles. The summed E-state index contributed by atoms with van der Waals surface area (Å²) >= 11 is 0. The predicted octanol–water partition coefficient (Wildman–Crippen LogP) is 3.47.